The number of ether oxygens (including phenoxy) is 2. The molecule has 0 saturated heterocycles. The molecule has 212 valence electrons. The summed E-state index contributed by atoms with van der Waals surface area (Å²) >= 11 is 0. The zero-order valence-electron chi connectivity index (χ0n) is 23.9. The summed E-state index contributed by atoms with van der Waals surface area (Å²) < 4.78 is 43.3. The molecule has 0 fully saturated rings. The van der Waals surface area contributed by atoms with Gasteiger partial charge in [-0.05, 0) is 112 Å². The predicted octanol–water partition coefficient (Wildman–Crippen LogP) is 7.55. The Bertz CT molecular complexity index is 1490. The molecular weight excluding hydrogens is 531 g/mol. The van der Waals surface area contributed by atoms with Crippen LogP contribution >= 0.6 is 7.82 Å². The highest BCUT2D eigenvalue weighted by atomic mass is 31.2. The minimum Gasteiger partial charge on any atom is -0.461 e. The van der Waals surface area contributed by atoms with Gasteiger partial charge in [0.1, 0.15) is 28.7 Å². The van der Waals surface area contributed by atoms with Gasteiger partial charge < -0.3 is 28.2 Å². The van der Waals surface area contributed by atoms with Crippen LogP contribution in [-0.2, 0) is 9.36 Å². The molecule has 3 aromatic rings. The van der Waals surface area contributed by atoms with Crippen molar-refractivity contribution in [1.82, 2.24) is 0 Å². The van der Waals surface area contributed by atoms with Crippen molar-refractivity contribution in [2.24, 2.45) is 0 Å². The van der Waals surface area contributed by atoms with Crippen molar-refractivity contribution in [2.75, 3.05) is 0 Å². The molecule has 9 heteroatoms. The third-order valence-corrected chi connectivity index (χ3v) is 7.60. The molecule has 0 radical (unpaired) electrons. The zero-order valence-corrected chi connectivity index (χ0v) is 24.8. The summed E-state index contributed by atoms with van der Waals surface area (Å²) in [6.07, 6.45) is 0.0809. The van der Waals surface area contributed by atoms with Gasteiger partial charge in [0.25, 0.3) is 0 Å². The van der Waals surface area contributed by atoms with Crippen LogP contribution in [0, 0.1) is 41.5 Å². The molecule has 0 heterocycles. The summed E-state index contributed by atoms with van der Waals surface area (Å²) in [6, 6.07) is 11.8. The first-order valence-electron chi connectivity index (χ1n) is 12.6. The van der Waals surface area contributed by atoms with Crippen LogP contribution in [-0.4, -0.2) is 17.4 Å². The van der Waals surface area contributed by atoms with E-state index in [2.05, 4.69) is 13.2 Å². The van der Waals surface area contributed by atoms with Crippen molar-refractivity contribution in [2.45, 2.75) is 54.8 Å². The Labute approximate surface area is 235 Å². The van der Waals surface area contributed by atoms with E-state index in [0.717, 1.165) is 0 Å². The van der Waals surface area contributed by atoms with Gasteiger partial charge in [0.05, 0.1) is 0 Å². The number of para-hydroxylation sites is 1. The second kappa shape index (κ2) is 12.5. The van der Waals surface area contributed by atoms with Gasteiger partial charge in [0.15, 0.2) is 0 Å². The highest BCUT2D eigenvalue weighted by Crippen LogP contribution is 2.53. The number of carbonyl (C=O) groups excluding carboxylic acids is 1. The van der Waals surface area contributed by atoms with Crippen LogP contribution in [0.3, 0.4) is 0 Å². The van der Waals surface area contributed by atoms with E-state index in [1.165, 1.54) is 6.08 Å². The number of hydrogen-bond acceptors (Lipinski definition) is 8. The number of phosphoric acid groups is 1. The van der Waals surface area contributed by atoms with Gasteiger partial charge in [0, 0.05) is 5.57 Å². The van der Waals surface area contributed by atoms with Crippen molar-refractivity contribution in [3.8, 4) is 28.7 Å². The van der Waals surface area contributed by atoms with Crippen molar-refractivity contribution < 1.29 is 37.5 Å². The first-order valence-corrected chi connectivity index (χ1v) is 14.0. The molecule has 0 spiro atoms. The van der Waals surface area contributed by atoms with Gasteiger partial charge >= 0.3 is 13.8 Å². The third-order valence-electron chi connectivity index (χ3n) is 6.32. The fourth-order valence-corrected chi connectivity index (χ4v) is 5.18. The Hall–Kier alpha value is -4.00. The maximum absolute atomic E-state index is 14.3. The normalized spacial score (nSPS) is 13.0. The van der Waals surface area contributed by atoms with E-state index in [1.807, 2.05) is 0 Å². The van der Waals surface area contributed by atoms with E-state index in [9.17, 15) is 14.5 Å². The van der Waals surface area contributed by atoms with Gasteiger partial charge in [-0.3, -0.25) is 0 Å². The van der Waals surface area contributed by atoms with Crippen LogP contribution in [0.4, 0.5) is 0 Å². The van der Waals surface area contributed by atoms with Crippen LogP contribution < -0.4 is 23.0 Å². The molecule has 0 saturated carbocycles. The molecular formula is C31H35O8P. The van der Waals surface area contributed by atoms with Crippen LogP contribution in [0.1, 0.15) is 40.3 Å². The Morgan fingerprint density at radius 3 is 1.85 bits per heavy atom. The number of phosphoric ester groups is 1. The second-order valence-electron chi connectivity index (χ2n) is 9.49. The quantitative estimate of drug-likeness (QED) is 0.0634. The number of aryl methyl sites for hydroxylation is 2. The Morgan fingerprint density at radius 2 is 1.35 bits per heavy atom. The average Bonchev–Trinajstić information content (AvgIpc) is 2.90. The average molecular weight is 567 g/mol. The van der Waals surface area contributed by atoms with E-state index < -0.39 is 20.1 Å². The topological polar surface area (TPSA) is 101 Å². The zero-order chi connectivity index (χ0) is 29.8. The maximum Gasteiger partial charge on any atom is 0.647 e. The molecule has 0 amide bonds. The number of benzene rings is 3. The molecule has 3 rings (SSSR count). The van der Waals surface area contributed by atoms with E-state index >= 15 is 0 Å². The first kappa shape index (κ1) is 30.5. The van der Waals surface area contributed by atoms with E-state index in [1.54, 1.807) is 90.9 Å². The van der Waals surface area contributed by atoms with Crippen LogP contribution in [0.5, 0.6) is 28.7 Å². The molecule has 2 atom stereocenters. The molecule has 40 heavy (non-hydrogen) atoms. The Morgan fingerprint density at radius 1 is 0.850 bits per heavy atom. The van der Waals surface area contributed by atoms with Crippen molar-refractivity contribution in [3.05, 3.63) is 101 Å². The van der Waals surface area contributed by atoms with Crippen molar-refractivity contribution in [1.29, 1.82) is 0 Å². The summed E-state index contributed by atoms with van der Waals surface area (Å²) in [5.41, 5.74) is 3.99. The lowest BCUT2D eigenvalue weighted by atomic mass is 10.0. The molecule has 1 N–H and O–H groups in total. The number of aliphatic hydroxyl groups excluding tert-OH is 1. The summed E-state index contributed by atoms with van der Waals surface area (Å²) in [7, 11) is -4.35. The smallest absolute Gasteiger partial charge is 0.461 e. The summed E-state index contributed by atoms with van der Waals surface area (Å²) in [6.45, 7) is 19.3. The number of esters is 1. The van der Waals surface area contributed by atoms with Gasteiger partial charge in [-0.1, -0.05) is 31.4 Å². The predicted molar refractivity (Wildman–Crippen MR) is 155 cm³/mol. The first-order chi connectivity index (χ1) is 18.8. The number of hydrogen-bond donors (Lipinski definition) is 1. The lowest BCUT2D eigenvalue weighted by molar-refractivity contribution is -0.130. The molecule has 0 aliphatic rings. The van der Waals surface area contributed by atoms with E-state index in [4.69, 9.17) is 23.0 Å². The second-order valence-corrected chi connectivity index (χ2v) is 10.9. The van der Waals surface area contributed by atoms with Gasteiger partial charge in [-0.15, -0.1) is 0 Å². The Balaban J connectivity index is 2.06. The number of carbonyl (C=O) groups is 1. The summed E-state index contributed by atoms with van der Waals surface area (Å²) in [4.78, 5) is 12.2. The highest BCUT2D eigenvalue weighted by molar-refractivity contribution is 7.49. The largest absolute Gasteiger partial charge is 0.647 e. The monoisotopic (exact) mass is 566 g/mol. The van der Waals surface area contributed by atoms with Gasteiger partial charge in [0.2, 0.25) is 6.29 Å². The molecule has 0 bridgehead atoms. The van der Waals surface area contributed by atoms with E-state index in [-0.39, 0.29) is 22.8 Å². The summed E-state index contributed by atoms with van der Waals surface area (Å²) in [5.74, 6) is 1.06. The third kappa shape index (κ3) is 6.95. The van der Waals surface area contributed by atoms with Crippen LogP contribution in [0.2, 0.25) is 0 Å². The molecule has 0 aliphatic heterocycles. The minimum atomic E-state index is -4.35. The lowest BCUT2D eigenvalue weighted by Gasteiger charge is -2.24. The highest BCUT2D eigenvalue weighted by Gasteiger charge is 2.35. The van der Waals surface area contributed by atoms with Crippen molar-refractivity contribution >= 4 is 13.8 Å². The molecule has 0 aromatic heterocycles. The lowest BCUT2D eigenvalue weighted by Crippen LogP contribution is -2.14. The Kier molecular flexibility index (Phi) is 9.51. The fourth-order valence-electron chi connectivity index (χ4n) is 3.83. The van der Waals surface area contributed by atoms with Crippen molar-refractivity contribution in [3.63, 3.8) is 0 Å². The molecule has 8 nitrogen and oxygen atoms in total. The minimum absolute atomic E-state index is 0.240. The van der Waals surface area contributed by atoms with Crippen LogP contribution in [0.25, 0.3) is 0 Å². The molecule has 0 aliphatic carbocycles. The molecule has 3 aromatic carbocycles. The van der Waals surface area contributed by atoms with Gasteiger partial charge in [-0.2, -0.15) is 4.57 Å². The SMILES string of the molecule is C=CC(O)Oc1c(C)cc(OP(=O)(Oc2ccccc2)Oc2cc(C)c(OC(=O)C(=C)C)c(C)c2C)c(C)c1C. The maximum atomic E-state index is 14.3. The fraction of sp³-hybridized carbons (Fsp3) is 0.258. The van der Waals surface area contributed by atoms with Gasteiger partial charge in [-0.25, -0.2) is 4.79 Å². The molecule has 2 unspecified atom stereocenters. The van der Waals surface area contributed by atoms with E-state index in [0.29, 0.717) is 44.9 Å². The summed E-state index contributed by atoms with van der Waals surface area (Å²) in [5, 5.41) is 9.91. The number of rotatable bonds is 11. The number of aliphatic hydroxyl groups is 1. The standard InChI is InChI=1S/C31H35O8P/c1-10-28(32)35-29-19(4)16-26(21(6)23(29)8)38-40(34,37-25-14-12-11-13-15-25)39-27-17-20(5)30(24(9)22(27)7)36-31(33)18(2)3/h10-17,28,32H,1-2H2,3-9H3. The van der Waals surface area contributed by atoms with Crippen LogP contribution in [0.15, 0.2) is 67.3 Å².